The minimum atomic E-state index is -4.68. The van der Waals surface area contributed by atoms with Crippen molar-refractivity contribution in [1.82, 2.24) is 9.97 Å². The quantitative estimate of drug-likeness (QED) is 0.858. The van der Waals surface area contributed by atoms with Gasteiger partial charge in [0.05, 0.1) is 23.1 Å². The van der Waals surface area contributed by atoms with E-state index in [9.17, 15) is 22.8 Å². The second kappa shape index (κ2) is 4.95. The number of esters is 1. The van der Waals surface area contributed by atoms with Crippen LogP contribution in [0.4, 0.5) is 13.2 Å². The molecule has 0 radical (unpaired) electrons. The van der Waals surface area contributed by atoms with Crippen LogP contribution in [0, 0.1) is 0 Å². The second-order valence-electron chi connectivity index (χ2n) is 3.83. The van der Waals surface area contributed by atoms with Crippen molar-refractivity contribution in [3.05, 3.63) is 39.9 Å². The lowest BCUT2D eigenvalue weighted by Gasteiger charge is -2.09. The Labute approximate surface area is 110 Å². The van der Waals surface area contributed by atoms with Gasteiger partial charge in [-0.1, -0.05) is 6.07 Å². The van der Waals surface area contributed by atoms with E-state index in [1.165, 1.54) is 6.07 Å². The first-order valence-corrected chi connectivity index (χ1v) is 5.62. The lowest BCUT2D eigenvalue weighted by molar-refractivity contribution is -0.136. The summed E-state index contributed by atoms with van der Waals surface area (Å²) in [7, 11) is 0. The molecule has 20 heavy (non-hydrogen) atoms. The van der Waals surface area contributed by atoms with E-state index >= 15 is 0 Å². The Hall–Kier alpha value is -2.38. The molecule has 0 saturated carbocycles. The van der Waals surface area contributed by atoms with Crippen molar-refractivity contribution in [2.45, 2.75) is 13.1 Å². The van der Waals surface area contributed by atoms with Crippen LogP contribution in [0.2, 0.25) is 0 Å². The molecule has 5 nitrogen and oxygen atoms in total. The van der Waals surface area contributed by atoms with E-state index in [1.54, 1.807) is 6.92 Å². The molecule has 0 fully saturated rings. The van der Waals surface area contributed by atoms with Crippen LogP contribution in [0.5, 0.6) is 0 Å². The lowest BCUT2D eigenvalue weighted by Crippen LogP contribution is -2.20. The summed E-state index contributed by atoms with van der Waals surface area (Å²) >= 11 is 0. The molecule has 0 amide bonds. The summed E-state index contributed by atoms with van der Waals surface area (Å²) in [5.74, 6) is -1.33. The SMILES string of the molecule is CCOC(=O)c1nc2cccc(C(F)(F)F)c2c(=O)[nH]1. The number of nitrogens with zero attached hydrogens (tertiary/aromatic N) is 1. The number of ether oxygens (including phenoxy) is 1. The highest BCUT2D eigenvalue weighted by Crippen LogP contribution is 2.32. The number of H-pyrrole nitrogens is 1. The van der Waals surface area contributed by atoms with Gasteiger partial charge in [-0.3, -0.25) is 4.79 Å². The third-order valence-corrected chi connectivity index (χ3v) is 2.51. The number of aromatic nitrogens is 2. The Bertz CT molecular complexity index is 722. The van der Waals surface area contributed by atoms with Gasteiger partial charge < -0.3 is 9.72 Å². The molecule has 1 aromatic heterocycles. The van der Waals surface area contributed by atoms with E-state index < -0.39 is 34.5 Å². The maximum absolute atomic E-state index is 12.8. The zero-order chi connectivity index (χ0) is 14.9. The fourth-order valence-electron chi connectivity index (χ4n) is 1.72. The number of rotatable bonds is 2. The van der Waals surface area contributed by atoms with Crippen molar-refractivity contribution in [3.8, 4) is 0 Å². The monoisotopic (exact) mass is 286 g/mol. The van der Waals surface area contributed by atoms with Crippen LogP contribution in [-0.4, -0.2) is 22.5 Å². The minimum absolute atomic E-state index is 0.0587. The first kappa shape index (κ1) is 14.0. The summed E-state index contributed by atoms with van der Waals surface area (Å²) in [6.45, 7) is 1.61. The van der Waals surface area contributed by atoms with Gasteiger partial charge in [0.1, 0.15) is 0 Å². The Kier molecular flexibility index (Phi) is 3.47. The van der Waals surface area contributed by atoms with Crippen LogP contribution in [0.3, 0.4) is 0 Å². The number of fused-ring (bicyclic) bond motifs is 1. The van der Waals surface area contributed by atoms with Gasteiger partial charge in [-0.2, -0.15) is 13.2 Å². The van der Waals surface area contributed by atoms with Gasteiger partial charge in [-0.15, -0.1) is 0 Å². The number of benzene rings is 1. The van der Waals surface area contributed by atoms with Gasteiger partial charge >= 0.3 is 12.1 Å². The van der Waals surface area contributed by atoms with Crippen LogP contribution in [-0.2, 0) is 10.9 Å². The Morgan fingerprint density at radius 2 is 2.10 bits per heavy atom. The first-order chi connectivity index (χ1) is 9.34. The van der Waals surface area contributed by atoms with Crippen molar-refractivity contribution in [3.63, 3.8) is 0 Å². The first-order valence-electron chi connectivity index (χ1n) is 5.62. The lowest BCUT2D eigenvalue weighted by atomic mass is 10.1. The molecule has 0 atom stereocenters. The fourth-order valence-corrected chi connectivity index (χ4v) is 1.72. The van der Waals surface area contributed by atoms with Gasteiger partial charge in [-0.05, 0) is 19.1 Å². The predicted octanol–water partition coefficient (Wildman–Crippen LogP) is 2.12. The van der Waals surface area contributed by atoms with Crippen LogP contribution in [0.15, 0.2) is 23.0 Å². The van der Waals surface area contributed by atoms with Gasteiger partial charge in [0, 0.05) is 0 Å². The third kappa shape index (κ3) is 2.49. The van der Waals surface area contributed by atoms with Crippen molar-refractivity contribution < 1.29 is 22.7 Å². The summed E-state index contributed by atoms with van der Waals surface area (Å²) in [4.78, 5) is 28.9. The summed E-state index contributed by atoms with van der Waals surface area (Å²) in [5, 5.41) is -0.604. The van der Waals surface area contributed by atoms with Gasteiger partial charge in [0.25, 0.3) is 5.56 Å². The van der Waals surface area contributed by atoms with E-state index in [-0.39, 0.29) is 12.1 Å². The largest absolute Gasteiger partial charge is 0.460 e. The molecule has 1 N–H and O–H groups in total. The zero-order valence-corrected chi connectivity index (χ0v) is 10.2. The highest BCUT2D eigenvalue weighted by molar-refractivity contribution is 5.89. The standard InChI is InChI=1S/C12H9F3N2O3/c1-2-20-11(19)9-16-7-5-3-4-6(12(13,14)15)8(7)10(18)17-9/h3-5H,2H2,1H3,(H,16,17,18). The Balaban J connectivity index is 2.70. The molecular weight excluding hydrogens is 277 g/mol. The van der Waals surface area contributed by atoms with E-state index in [0.29, 0.717) is 0 Å². The topological polar surface area (TPSA) is 72.0 Å². The molecule has 106 valence electrons. The smallest absolute Gasteiger partial charge is 0.417 e. The Morgan fingerprint density at radius 3 is 2.70 bits per heavy atom. The van der Waals surface area contributed by atoms with Crippen LogP contribution in [0.1, 0.15) is 23.1 Å². The second-order valence-corrected chi connectivity index (χ2v) is 3.83. The average Bonchev–Trinajstić information content (AvgIpc) is 2.37. The summed E-state index contributed by atoms with van der Waals surface area (Å²) in [6.07, 6.45) is -4.68. The van der Waals surface area contributed by atoms with Crippen molar-refractivity contribution in [2.24, 2.45) is 0 Å². The number of hydrogen-bond donors (Lipinski definition) is 1. The molecule has 1 aromatic carbocycles. The van der Waals surface area contributed by atoms with Crippen LogP contribution in [0.25, 0.3) is 10.9 Å². The molecule has 0 spiro atoms. The van der Waals surface area contributed by atoms with E-state index in [0.717, 1.165) is 12.1 Å². The zero-order valence-electron chi connectivity index (χ0n) is 10.2. The molecular formula is C12H9F3N2O3. The fraction of sp³-hybridized carbons (Fsp3) is 0.250. The normalized spacial score (nSPS) is 11.6. The van der Waals surface area contributed by atoms with E-state index in [4.69, 9.17) is 0 Å². The van der Waals surface area contributed by atoms with Gasteiger partial charge in [0.2, 0.25) is 5.82 Å². The Morgan fingerprint density at radius 1 is 1.40 bits per heavy atom. The molecule has 0 aliphatic carbocycles. The van der Waals surface area contributed by atoms with Gasteiger partial charge in [0.15, 0.2) is 0 Å². The van der Waals surface area contributed by atoms with E-state index in [2.05, 4.69) is 9.72 Å². The summed E-state index contributed by atoms with van der Waals surface area (Å²) in [5.41, 5.74) is -2.35. The summed E-state index contributed by atoms with van der Waals surface area (Å²) < 4.78 is 43.1. The van der Waals surface area contributed by atoms with Gasteiger partial charge in [-0.25, -0.2) is 9.78 Å². The molecule has 0 bridgehead atoms. The summed E-state index contributed by atoms with van der Waals surface area (Å²) in [6, 6.07) is 3.12. The number of halogens is 3. The van der Waals surface area contributed by atoms with Crippen LogP contribution < -0.4 is 5.56 Å². The molecule has 0 aliphatic rings. The molecule has 2 aromatic rings. The van der Waals surface area contributed by atoms with Crippen molar-refractivity contribution >= 4 is 16.9 Å². The number of carbonyl (C=O) groups is 1. The molecule has 1 heterocycles. The predicted molar refractivity (Wildman–Crippen MR) is 63.3 cm³/mol. The molecule has 0 unspecified atom stereocenters. The number of alkyl halides is 3. The number of nitrogens with one attached hydrogen (secondary N) is 1. The molecule has 0 saturated heterocycles. The number of aromatic amines is 1. The van der Waals surface area contributed by atoms with Crippen molar-refractivity contribution in [2.75, 3.05) is 6.61 Å². The minimum Gasteiger partial charge on any atom is -0.460 e. The molecule has 2 rings (SSSR count). The average molecular weight is 286 g/mol. The van der Waals surface area contributed by atoms with Crippen molar-refractivity contribution in [1.29, 1.82) is 0 Å². The highest BCUT2D eigenvalue weighted by atomic mass is 19.4. The molecule has 0 aliphatic heterocycles. The highest BCUT2D eigenvalue weighted by Gasteiger charge is 2.34. The molecule has 8 heteroatoms. The van der Waals surface area contributed by atoms with E-state index in [1.807, 2.05) is 4.98 Å². The maximum atomic E-state index is 12.8. The number of hydrogen-bond acceptors (Lipinski definition) is 4. The third-order valence-electron chi connectivity index (χ3n) is 2.51. The van der Waals surface area contributed by atoms with Crippen LogP contribution >= 0.6 is 0 Å². The number of carbonyl (C=O) groups excluding carboxylic acids is 1. The maximum Gasteiger partial charge on any atom is 0.417 e.